The van der Waals surface area contributed by atoms with Gasteiger partial charge < -0.3 is 20.3 Å². The normalized spacial score (nSPS) is 21.4. The first-order valence-corrected chi connectivity index (χ1v) is 9.87. The van der Waals surface area contributed by atoms with Crippen LogP contribution in [0.3, 0.4) is 0 Å². The number of nitrogen functional groups attached to an aromatic ring is 1. The zero-order valence-electron chi connectivity index (χ0n) is 16.4. The fourth-order valence-electron chi connectivity index (χ4n) is 3.95. The minimum Gasteiger partial charge on any atom is -0.397 e. The standard InChI is InChI=1S/C22H21FN4O3/c1-27-7-6-22(29,21(27)28)20-10-18(26-30-20)13-4-5-16(23)15(8-13)19-9-14(12-2-3-12)17(24)11-25-19/h4-5,8-12,29H,2-3,6-7,24H2,1H3/t22-/m1/s1. The van der Waals surface area contributed by atoms with Crippen molar-refractivity contribution in [2.45, 2.75) is 30.8 Å². The van der Waals surface area contributed by atoms with Gasteiger partial charge in [0.1, 0.15) is 11.5 Å². The Balaban J connectivity index is 1.51. The molecule has 1 aromatic carbocycles. The molecule has 1 saturated carbocycles. The minimum atomic E-state index is -1.72. The molecule has 7 nitrogen and oxygen atoms in total. The first-order valence-electron chi connectivity index (χ1n) is 9.87. The zero-order chi connectivity index (χ0) is 21.0. The van der Waals surface area contributed by atoms with E-state index in [-0.39, 0.29) is 12.2 Å². The van der Waals surface area contributed by atoms with Crippen LogP contribution in [0.2, 0.25) is 0 Å². The third-order valence-corrected chi connectivity index (χ3v) is 5.95. The lowest BCUT2D eigenvalue weighted by Crippen LogP contribution is -2.35. The summed E-state index contributed by atoms with van der Waals surface area (Å²) in [6.45, 7) is 0.429. The molecule has 1 aliphatic carbocycles. The Bertz CT molecular complexity index is 1160. The zero-order valence-corrected chi connectivity index (χ0v) is 16.4. The summed E-state index contributed by atoms with van der Waals surface area (Å²) in [5.41, 5.74) is 7.76. The molecule has 2 fully saturated rings. The quantitative estimate of drug-likeness (QED) is 0.687. The molecule has 0 unspecified atom stereocenters. The van der Waals surface area contributed by atoms with Crippen molar-refractivity contribution in [3.05, 3.63) is 53.7 Å². The maximum absolute atomic E-state index is 14.6. The number of anilines is 1. The summed E-state index contributed by atoms with van der Waals surface area (Å²) in [5.74, 6) is -0.338. The first kappa shape index (κ1) is 18.7. The van der Waals surface area contributed by atoms with E-state index in [1.807, 2.05) is 6.07 Å². The third-order valence-electron chi connectivity index (χ3n) is 5.95. The predicted molar refractivity (Wildman–Crippen MR) is 108 cm³/mol. The Morgan fingerprint density at radius 3 is 2.77 bits per heavy atom. The molecule has 1 saturated heterocycles. The second-order valence-corrected chi connectivity index (χ2v) is 8.08. The number of carbonyl (C=O) groups is 1. The van der Waals surface area contributed by atoms with Crippen molar-refractivity contribution in [3.63, 3.8) is 0 Å². The van der Waals surface area contributed by atoms with Crippen LogP contribution in [0, 0.1) is 5.82 Å². The van der Waals surface area contributed by atoms with Gasteiger partial charge in [-0.2, -0.15) is 0 Å². The number of pyridine rings is 1. The molecule has 1 aliphatic heterocycles. The van der Waals surface area contributed by atoms with E-state index in [0.29, 0.717) is 40.7 Å². The van der Waals surface area contributed by atoms with E-state index in [1.54, 1.807) is 25.4 Å². The van der Waals surface area contributed by atoms with Gasteiger partial charge in [-0.15, -0.1) is 0 Å². The molecular formula is C22H21FN4O3. The second-order valence-electron chi connectivity index (χ2n) is 8.08. The topological polar surface area (TPSA) is 105 Å². The molecule has 0 radical (unpaired) electrons. The molecule has 2 aromatic heterocycles. The Kier molecular flexibility index (Phi) is 4.14. The highest BCUT2D eigenvalue weighted by Gasteiger charge is 2.48. The molecular weight excluding hydrogens is 387 g/mol. The summed E-state index contributed by atoms with van der Waals surface area (Å²) in [6.07, 6.45) is 3.95. The van der Waals surface area contributed by atoms with Crippen LogP contribution in [0.1, 0.15) is 36.5 Å². The SMILES string of the molecule is CN1CC[C@@](O)(c2cc(-c3ccc(F)c(-c4cc(C5CC5)c(N)cn4)c3)no2)C1=O. The van der Waals surface area contributed by atoms with Crippen molar-refractivity contribution >= 4 is 11.6 Å². The van der Waals surface area contributed by atoms with Crippen LogP contribution in [0.4, 0.5) is 10.1 Å². The maximum atomic E-state index is 14.6. The molecule has 3 heterocycles. The van der Waals surface area contributed by atoms with Crippen molar-refractivity contribution in [1.29, 1.82) is 0 Å². The van der Waals surface area contributed by atoms with Gasteiger partial charge in [0.25, 0.3) is 5.91 Å². The minimum absolute atomic E-state index is 0.0827. The fourth-order valence-corrected chi connectivity index (χ4v) is 3.95. The molecule has 8 heteroatoms. The van der Waals surface area contributed by atoms with Crippen molar-refractivity contribution < 1.29 is 18.8 Å². The van der Waals surface area contributed by atoms with Crippen LogP contribution in [-0.4, -0.2) is 39.6 Å². The summed E-state index contributed by atoms with van der Waals surface area (Å²) < 4.78 is 19.9. The number of likely N-dealkylation sites (N-methyl/N-ethyl adjacent to an activating group) is 1. The number of nitrogens with zero attached hydrogens (tertiary/aromatic N) is 3. The Morgan fingerprint density at radius 1 is 1.27 bits per heavy atom. The number of carbonyl (C=O) groups excluding carboxylic acids is 1. The fraction of sp³-hybridized carbons (Fsp3) is 0.318. The first-order chi connectivity index (χ1) is 14.4. The van der Waals surface area contributed by atoms with Gasteiger partial charge in [-0.1, -0.05) is 5.16 Å². The van der Waals surface area contributed by atoms with Crippen LogP contribution >= 0.6 is 0 Å². The smallest absolute Gasteiger partial charge is 0.262 e. The predicted octanol–water partition coefficient (Wildman–Crippen LogP) is 3.05. The van der Waals surface area contributed by atoms with Gasteiger partial charge in [-0.05, 0) is 48.6 Å². The molecule has 30 heavy (non-hydrogen) atoms. The molecule has 5 rings (SSSR count). The van der Waals surface area contributed by atoms with E-state index < -0.39 is 17.3 Å². The number of halogens is 1. The van der Waals surface area contributed by atoms with Crippen LogP contribution in [0.5, 0.6) is 0 Å². The average Bonchev–Trinajstić information content (AvgIpc) is 3.40. The van der Waals surface area contributed by atoms with Crippen LogP contribution in [-0.2, 0) is 10.4 Å². The highest BCUT2D eigenvalue weighted by Crippen LogP contribution is 2.44. The van der Waals surface area contributed by atoms with E-state index in [4.69, 9.17) is 10.3 Å². The van der Waals surface area contributed by atoms with Gasteiger partial charge in [0.2, 0.25) is 5.60 Å². The second kappa shape index (κ2) is 6.63. The highest BCUT2D eigenvalue weighted by molar-refractivity contribution is 5.87. The number of aliphatic hydroxyl groups is 1. The summed E-state index contributed by atoms with van der Waals surface area (Å²) >= 11 is 0. The van der Waals surface area contributed by atoms with Crippen molar-refractivity contribution in [1.82, 2.24) is 15.0 Å². The largest absolute Gasteiger partial charge is 0.397 e. The van der Waals surface area contributed by atoms with Crippen molar-refractivity contribution in [2.75, 3.05) is 19.3 Å². The summed E-state index contributed by atoms with van der Waals surface area (Å²) in [4.78, 5) is 18.1. The molecule has 1 atom stereocenters. The summed E-state index contributed by atoms with van der Waals surface area (Å²) in [5, 5.41) is 14.7. The number of benzene rings is 1. The molecule has 154 valence electrons. The lowest BCUT2D eigenvalue weighted by molar-refractivity contribution is -0.144. The Labute approximate surface area is 172 Å². The number of hydrogen-bond donors (Lipinski definition) is 2. The van der Waals surface area contributed by atoms with Crippen LogP contribution in [0.25, 0.3) is 22.5 Å². The average molecular weight is 408 g/mol. The van der Waals surface area contributed by atoms with Gasteiger partial charge in [-0.25, -0.2) is 4.39 Å². The number of likely N-dealkylation sites (tertiary alicyclic amines) is 1. The summed E-state index contributed by atoms with van der Waals surface area (Å²) in [7, 11) is 1.62. The van der Waals surface area contributed by atoms with Crippen molar-refractivity contribution in [2.24, 2.45) is 0 Å². The monoisotopic (exact) mass is 408 g/mol. The van der Waals surface area contributed by atoms with E-state index in [2.05, 4.69) is 10.1 Å². The lowest BCUT2D eigenvalue weighted by atomic mass is 9.97. The maximum Gasteiger partial charge on any atom is 0.262 e. The molecule has 0 bridgehead atoms. The molecule has 1 amide bonds. The Morgan fingerprint density at radius 2 is 2.07 bits per heavy atom. The number of amides is 1. The van der Waals surface area contributed by atoms with E-state index >= 15 is 0 Å². The molecule has 3 aromatic rings. The molecule has 3 N–H and O–H groups in total. The number of aromatic nitrogens is 2. The Hall–Kier alpha value is -3.26. The molecule has 0 spiro atoms. The van der Waals surface area contributed by atoms with Crippen LogP contribution < -0.4 is 5.73 Å². The van der Waals surface area contributed by atoms with Gasteiger partial charge >= 0.3 is 0 Å². The van der Waals surface area contributed by atoms with Gasteiger partial charge in [0.15, 0.2) is 5.76 Å². The van der Waals surface area contributed by atoms with Gasteiger partial charge in [-0.3, -0.25) is 9.78 Å². The van der Waals surface area contributed by atoms with Crippen LogP contribution in [0.15, 0.2) is 41.1 Å². The number of rotatable bonds is 4. The number of hydrogen-bond acceptors (Lipinski definition) is 6. The molecule has 2 aliphatic rings. The van der Waals surface area contributed by atoms with Gasteiger partial charge in [0, 0.05) is 37.2 Å². The van der Waals surface area contributed by atoms with E-state index in [0.717, 1.165) is 18.4 Å². The summed E-state index contributed by atoms with van der Waals surface area (Å²) in [6, 6.07) is 7.93. The van der Waals surface area contributed by atoms with E-state index in [9.17, 15) is 14.3 Å². The third kappa shape index (κ3) is 2.95. The van der Waals surface area contributed by atoms with Crippen molar-refractivity contribution in [3.8, 4) is 22.5 Å². The number of nitrogens with two attached hydrogens (primary N) is 1. The highest BCUT2D eigenvalue weighted by atomic mass is 19.1. The lowest BCUT2D eigenvalue weighted by Gasteiger charge is -2.16. The van der Waals surface area contributed by atoms with Gasteiger partial charge in [0.05, 0.1) is 17.6 Å². The van der Waals surface area contributed by atoms with E-state index in [1.165, 1.54) is 17.0 Å².